The van der Waals surface area contributed by atoms with Gasteiger partial charge in [0.05, 0.1) is 6.54 Å². The van der Waals surface area contributed by atoms with Gasteiger partial charge in [-0.3, -0.25) is 9.59 Å². The van der Waals surface area contributed by atoms with Gasteiger partial charge in [0, 0.05) is 6.54 Å². The molecule has 0 spiro atoms. The molecule has 0 unspecified atom stereocenters. The van der Waals surface area contributed by atoms with Gasteiger partial charge in [-0.05, 0) is 6.42 Å². The Hall–Kier alpha value is -1.70. The van der Waals surface area contributed by atoms with Gasteiger partial charge in [-0.15, -0.1) is 10.2 Å². The van der Waals surface area contributed by atoms with E-state index in [0.29, 0.717) is 6.54 Å². The monoisotopic (exact) mass is 243 g/mol. The zero-order chi connectivity index (χ0) is 12.0. The minimum Gasteiger partial charge on any atom is -0.374 e. The Kier molecular flexibility index (Phi) is 4.65. The lowest BCUT2D eigenvalue weighted by atomic mass is 10.4. The van der Waals surface area contributed by atoms with Gasteiger partial charge in [0.15, 0.2) is 0 Å². The normalized spacial score (nSPS) is 9.81. The summed E-state index contributed by atoms with van der Waals surface area (Å²) in [7, 11) is 0. The van der Waals surface area contributed by atoms with Crippen LogP contribution in [0.4, 0.5) is 5.13 Å². The summed E-state index contributed by atoms with van der Waals surface area (Å²) in [6.07, 6.45) is 0.854. The Morgan fingerprint density at radius 2 is 2.12 bits per heavy atom. The van der Waals surface area contributed by atoms with E-state index in [4.69, 9.17) is 5.73 Å². The van der Waals surface area contributed by atoms with Crippen molar-refractivity contribution >= 4 is 28.3 Å². The first-order chi connectivity index (χ1) is 7.63. The van der Waals surface area contributed by atoms with Crippen LogP contribution in [-0.2, 0) is 4.79 Å². The molecule has 7 nitrogen and oxygen atoms in total. The van der Waals surface area contributed by atoms with E-state index < -0.39 is 5.91 Å². The SMILES string of the molecule is CCCNC(=O)CNC(=O)c1nnc(N)s1. The van der Waals surface area contributed by atoms with Crippen LogP contribution in [0.5, 0.6) is 0 Å². The molecule has 0 aromatic carbocycles. The van der Waals surface area contributed by atoms with Gasteiger partial charge in [0.25, 0.3) is 5.91 Å². The van der Waals surface area contributed by atoms with Crippen LogP contribution in [-0.4, -0.2) is 35.1 Å². The molecule has 0 aliphatic rings. The average molecular weight is 243 g/mol. The van der Waals surface area contributed by atoms with E-state index in [-0.39, 0.29) is 22.6 Å². The van der Waals surface area contributed by atoms with Crippen molar-refractivity contribution in [3.8, 4) is 0 Å². The smallest absolute Gasteiger partial charge is 0.282 e. The molecule has 0 aliphatic carbocycles. The lowest BCUT2D eigenvalue weighted by Gasteiger charge is -2.03. The first-order valence-corrected chi connectivity index (χ1v) is 5.59. The van der Waals surface area contributed by atoms with Crippen LogP contribution < -0.4 is 16.4 Å². The van der Waals surface area contributed by atoms with Gasteiger partial charge >= 0.3 is 0 Å². The molecule has 8 heteroatoms. The molecule has 1 heterocycles. The maximum Gasteiger partial charge on any atom is 0.282 e. The molecular formula is C8H13N5O2S. The standard InChI is InChI=1S/C8H13N5O2S/c1-2-3-10-5(14)4-11-6(15)7-12-13-8(9)16-7/h2-4H2,1H3,(H2,9,13)(H,10,14)(H,11,15). The summed E-state index contributed by atoms with van der Waals surface area (Å²) in [5, 5.41) is 12.5. The summed E-state index contributed by atoms with van der Waals surface area (Å²) in [5.41, 5.74) is 5.32. The van der Waals surface area contributed by atoms with Crippen LogP contribution in [0.25, 0.3) is 0 Å². The number of hydrogen-bond donors (Lipinski definition) is 3. The van der Waals surface area contributed by atoms with Crippen LogP contribution >= 0.6 is 11.3 Å². The van der Waals surface area contributed by atoms with Crippen LogP contribution in [0.1, 0.15) is 23.1 Å². The Morgan fingerprint density at radius 1 is 1.38 bits per heavy atom. The third kappa shape index (κ3) is 3.81. The maximum absolute atomic E-state index is 11.4. The Balaban J connectivity index is 2.33. The van der Waals surface area contributed by atoms with Crippen LogP contribution in [0.3, 0.4) is 0 Å². The van der Waals surface area contributed by atoms with Crippen molar-refractivity contribution in [1.82, 2.24) is 20.8 Å². The van der Waals surface area contributed by atoms with Crippen molar-refractivity contribution in [1.29, 1.82) is 0 Å². The topological polar surface area (TPSA) is 110 Å². The van der Waals surface area contributed by atoms with Crippen LogP contribution in [0.15, 0.2) is 0 Å². The Labute approximate surface area is 96.4 Å². The van der Waals surface area contributed by atoms with Gasteiger partial charge < -0.3 is 16.4 Å². The molecule has 0 bridgehead atoms. The number of hydrogen-bond acceptors (Lipinski definition) is 6. The van der Waals surface area contributed by atoms with Crippen molar-refractivity contribution < 1.29 is 9.59 Å². The highest BCUT2D eigenvalue weighted by Gasteiger charge is 2.12. The summed E-state index contributed by atoms with van der Waals surface area (Å²) in [6, 6.07) is 0. The molecule has 0 radical (unpaired) electrons. The Morgan fingerprint density at radius 3 is 2.69 bits per heavy atom. The van der Waals surface area contributed by atoms with Crippen molar-refractivity contribution in [3.05, 3.63) is 5.01 Å². The fourth-order valence-electron chi connectivity index (χ4n) is 0.889. The molecule has 1 aromatic heterocycles. The van der Waals surface area contributed by atoms with E-state index >= 15 is 0 Å². The number of amides is 2. The maximum atomic E-state index is 11.4. The van der Waals surface area contributed by atoms with Gasteiger partial charge in [-0.25, -0.2) is 0 Å². The number of nitrogens with two attached hydrogens (primary N) is 1. The fourth-order valence-corrected chi connectivity index (χ4v) is 1.42. The average Bonchev–Trinajstić information content (AvgIpc) is 2.69. The number of anilines is 1. The zero-order valence-electron chi connectivity index (χ0n) is 8.82. The van der Waals surface area contributed by atoms with Crippen molar-refractivity contribution in [2.75, 3.05) is 18.8 Å². The second-order valence-corrected chi connectivity index (χ2v) is 3.99. The first-order valence-electron chi connectivity index (χ1n) is 4.77. The minimum absolute atomic E-state index is 0.0711. The number of nitrogens with one attached hydrogen (secondary N) is 2. The summed E-state index contributed by atoms with van der Waals surface area (Å²) >= 11 is 0.977. The molecule has 0 saturated heterocycles. The number of nitrogens with zero attached hydrogens (tertiary/aromatic N) is 2. The molecule has 0 fully saturated rings. The fraction of sp³-hybridized carbons (Fsp3) is 0.500. The molecule has 16 heavy (non-hydrogen) atoms. The number of aromatic nitrogens is 2. The molecule has 0 aliphatic heterocycles. The lowest BCUT2D eigenvalue weighted by molar-refractivity contribution is -0.120. The van der Waals surface area contributed by atoms with Gasteiger partial charge in [0.2, 0.25) is 16.0 Å². The first kappa shape index (κ1) is 12.4. The minimum atomic E-state index is -0.444. The van der Waals surface area contributed by atoms with Gasteiger partial charge in [-0.1, -0.05) is 18.3 Å². The van der Waals surface area contributed by atoms with Crippen molar-refractivity contribution in [2.45, 2.75) is 13.3 Å². The largest absolute Gasteiger partial charge is 0.374 e. The van der Waals surface area contributed by atoms with E-state index in [1.165, 1.54) is 0 Å². The van der Waals surface area contributed by atoms with E-state index in [0.717, 1.165) is 17.8 Å². The number of carbonyl (C=O) groups is 2. The van der Waals surface area contributed by atoms with Crippen LogP contribution in [0, 0.1) is 0 Å². The number of carbonyl (C=O) groups excluding carboxylic acids is 2. The summed E-state index contributed by atoms with van der Waals surface area (Å²) in [4.78, 5) is 22.6. The van der Waals surface area contributed by atoms with E-state index in [2.05, 4.69) is 20.8 Å². The molecule has 2 amide bonds. The van der Waals surface area contributed by atoms with Gasteiger partial charge in [-0.2, -0.15) is 0 Å². The highest BCUT2D eigenvalue weighted by Crippen LogP contribution is 2.09. The second kappa shape index (κ2) is 6.01. The molecule has 0 saturated carbocycles. The van der Waals surface area contributed by atoms with Crippen molar-refractivity contribution in [2.24, 2.45) is 0 Å². The number of nitrogen functional groups attached to an aromatic ring is 1. The summed E-state index contributed by atoms with van der Waals surface area (Å²) in [5.74, 6) is -0.673. The highest BCUT2D eigenvalue weighted by atomic mass is 32.1. The second-order valence-electron chi connectivity index (χ2n) is 2.98. The third-order valence-electron chi connectivity index (χ3n) is 1.62. The molecule has 88 valence electrons. The van der Waals surface area contributed by atoms with E-state index in [1.54, 1.807) is 0 Å². The molecule has 1 aromatic rings. The molecule has 0 atom stereocenters. The predicted octanol–water partition coefficient (Wildman–Crippen LogP) is -0.624. The zero-order valence-corrected chi connectivity index (χ0v) is 9.63. The number of rotatable bonds is 5. The third-order valence-corrected chi connectivity index (χ3v) is 2.37. The molecular weight excluding hydrogens is 230 g/mol. The van der Waals surface area contributed by atoms with E-state index in [1.807, 2.05) is 6.92 Å². The summed E-state index contributed by atoms with van der Waals surface area (Å²) < 4.78 is 0. The highest BCUT2D eigenvalue weighted by molar-refractivity contribution is 7.16. The molecule has 1 rings (SSSR count). The predicted molar refractivity (Wildman–Crippen MR) is 60.0 cm³/mol. The lowest BCUT2D eigenvalue weighted by Crippen LogP contribution is -2.37. The van der Waals surface area contributed by atoms with Crippen LogP contribution in [0.2, 0.25) is 0 Å². The Bertz CT molecular complexity index is 378. The van der Waals surface area contributed by atoms with E-state index in [9.17, 15) is 9.59 Å². The van der Waals surface area contributed by atoms with Gasteiger partial charge in [0.1, 0.15) is 0 Å². The summed E-state index contributed by atoms with van der Waals surface area (Å²) in [6.45, 7) is 2.47. The van der Waals surface area contributed by atoms with Crippen molar-refractivity contribution in [3.63, 3.8) is 0 Å². The molecule has 4 N–H and O–H groups in total. The quantitative estimate of drug-likeness (QED) is 0.638.